The van der Waals surface area contributed by atoms with E-state index in [-0.39, 0.29) is 28.6 Å². The van der Waals surface area contributed by atoms with E-state index in [1.54, 1.807) is 24.3 Å². The van der Waals surface area contributed by atoms with E-state index in [1.165, 1.54) is 22.5 Å². The van der Waals surface area contributed by atoms with Gasteiger partial charge in [0.25, 0.3) is 5.91 Å². The highest BCUT2D eigenvalue weighted by atomic mass is 35.5. The molecular weight excluding hydrogens is 404 g/mol. The van der Waals surface area contributed by atoms with Gasteiger partial charge in [0, 0.05) is 18.7 Å². The van der Waals surface area contributed by atoms with Crippen molar-refractivity contribution in [1.29, 1.82) is 0 Å². The second-order valence-corrected chi connectivity index (χ2v) is 8.36. The number of ether oxygens (including phenoxy) is 2. The summed E-state index contributed by atoms with van der Waals surface area (Å²) >= 11 is 6.14. The lowest BCUT2D eigenvalue weighted by Crippen LogP contribution is -2.40. The van der Waals surface area contributed by atoms with Crippen LogP contribution in [0.25, 0.3) is 0 Å². The first kappa shape index (κ1) is 20.6. The van der Waals surface area contributed by atoms with Gasteiger partial charge in [0.05, 0.1) is 30.5 Å². The molecule has 7 nitrogen and oxygen atoms in total. The summed E-state index contributed by atoms with van der Waals surface area (Å²) in [7, 11) is -3.82. The molecular formula is C19H21ClN2O5S. The first-order valence-corrected chi connectivity index (χ1v) is 10.7. The van der Waals surface area contributed by atoms with Crippen LogP contribution in [0.2, 0.25) is 5.02 Å². The Labute approximate surface area is 169 Å². The van der Waals surface area contributed by atoms with E-state index < -0.39 is 15.9 Å². The molecule has 0 saturated carbocycles. The van der Waals surface area contributed by atoms with Crippen molar-refractivity contribution in [1.82, 2.24) is 4.31 Å². The summed E-state index contributed by atoms with van der Waals surface area (Å²) in [6.45, 7) is 3.44. The average molecular weight is 425 g/mol. The Hall–Kier alpha value is -2.13. The van der Waals surface area contributed by atoms with Crippen LogP contribution in [0.15, 0.2) is 47.4 Å². The summed E-state index contributed by atoms with van der Waals surface area (Å²) in [5.41, 5.74) is 0.685. The zero-order valence-corrected chi connectivity index (χ0v) is 16.9. The van der Waals surface area contributed by atoms with Gasteiger partial charge in [-0.15, -0.1) is 0 Å². The number of morpholine rings is 1. The van der Waals surface area contributed by atoms with Crippen LogP contribution in [0.3, 0.4) is 0 Å². The fourth-order valence-electron chi connectivity index (χ4n) is 2.81. The molecule has 0 atom stereocenters. The lowest BCUT2D eigenvalue weighted by Gasteiger charge is -2.26. The van der Waals surface area contributed by atoms with Gasteiger partial charge in [0.1, 0.15) is 10.6 Å². The number of halogens is 1. The molecule has 2 aromatic rings. The molecule has 1 fully saturated rings. The van der Waals surface area contributed by atoms with Crippen LogP contribution in [0.1, 0.15) is 17.3 Å². The molecule has 28 heavy (non-hydrogen) atoms. The predicted octanol–water partition coefficient (Wildman–Crippen LogP) is 3.01. The third-order valence-electron chi connectivity index (χ3n) is 4.22. The van der Waals surface area contributed by atoms with Gasteiger partial charge in [-0.05, 0) is 37.3 Å². The van der Waals surface area contributed by atoms with Crippen molar-refractivity contribution in [3.8, 4) is 5.75 Å². The molecule has 1 N–H and O–H groups in total. The van der Waals surface area contributed by atoms with Crippen molar-refractivity contribution in [2.45, 2.75) is 11.8 Å². The third kappa shape index (κ3) is 4.47. The maximum atomic E-state index is 12.9. The SMILES string of the molecule is CCOc1ccccc1NC(=O)c1ccc(Cl)c(S(=O)(=O)N2CCOCC2)c1. The average Bonchev–Trinajstić information content (AvgIpc) is 2.70. The number of sulfonamides is 1. The molecule has 1 saturated heterocycles. The van der Waals surface area contributed by atoms with E-state index in [1.807, 2.05) is 6.92 Å². The summed E-state index contributed by atoms with van der Waals surface area (Å²) in [6.07, 6.45) is 0. The minimum atomic E-state index is -3.82. The molecule has 3 rings (SSSR count). The molecule has 1 heterocycles. The van der Waals surface area contributed by atoms with Gasteiger partial charge in [-0.1, -0.05) is 23.7 Å². The maximum Gasteiger partial charge on any atom is 0.255 e. The Morgan fingerprint density at radius 1 is 1.21 bits per heavy atom. The van der Waals surface area contributed by atoms with Crippen molar-refractivity contribution in [3.05, 3.63) is 53.1 Å². The first-order chi connectivity index (χ1) is 13.4. The topological polar surface area (TPSA) is 84.9 Å². The molecule has 0 bridgehead atoms. The summed E-state index contributed by atoms with van der Waals surface area (Å²) in [4.78, 5) is 12.6. The normalized spacial score (nSPS) is 15.2. The molecule has 0 spiro atoms. The van der Waals surface area contributed by atoms with Gasteiger partial charge in [-0.3, -0.25) is 4.79 Å². The van der Waals surface area contributed by atoms with Crippen LogP contribution in [0, 0.1) is 0 Å². The smallest absolute Gasteiger partial charge is 0.255 e. The van der Waals surface area contributed by atoms with E-state index in [0.717, 1.165) is 0 Å². The molecule has 1 amide bonds. The van der Waals surface area contributed by atoms with Crippen LogP contribution >= 0.6 is 11.6 Å². The number of benzene rings is 2. The van der Waals surface area contributed by atoms with Gasteiger partial charge in [-0.2, -0.15) is 4.31 Å². The lowest BCUT2D eigenvalue weighted by atomic mass is 10.2. The minimum Gasteiger partial charge on any atom is -0.492 e. The van der Waals surface area contributed by atoms with Gasteiger partial charge >= 0.3 is 0 Å². The largest absolute Gasteiger partial charge is 0.492 e. The Morgan fingerprint density at radius 3 is 2.64 bits per heavy atom. The van der Waals surface area contributed by atoms with Gasteiger partial charge in [0.2, 0.25) is 10.0 Å². The molecule has 9 heteroatoms. The highest BCUT2D eigenvalue weighted by molar-refractivity contribution is 7.89. The molecule has 150 valence electrons. The van der Waals surface area contributed by atoms with E-state index in [2.05, 4.69) is 5.32 Å². The number of para-hydroxylation sites is 2. The van der Waals surface area contributed by atoms with E-state index >= 15 is 0 Å². The quantitative estimate of drug-likeness (QED) is 0.770. The second-order valence-electron chi connectivity index (χ2n) is 6.04. The molecule has 0 radical (unpaired) electrons. The van der Waals surface area contributed by atoms with Gasteiger partial charge in [-0.25, -0.2) is 8.42 Å². The number of rotatable bonds is 6. The summed E-state index contributed by atoms with van der Waals surface area (Å²) < 4.78 is 37.8. The number of nitrogens with one attached hydrogen (secondary N) is 1. The van der Waals surface area contributed by atoms with Crippen molar-refractivity contribution in [2.75, 3.05) is 38.2 Å². The number of carbonyl (C=O) groups excluding carboxylic acids is 1. The Kier molecular flexibility index (Phi) is 6.56. The molecule has 0 aliphatic carbocycles. The maximum absolute atomic E-state index is 12.9. The van der Waals surface area contributed by atoms with E-state index in [0.29, 0.717) is 31.3 Å². The summed E-state index contributed by atoms with van der Waals surface area (Å²) in [6, 6.07) is 11.2. The monoisotopic (exact) mass is 424 g/mol. The zero-order chi connectivity index (χ0) is 20.1. The van der Waals surface area contributed by atoms with E-state index in [4.69, 9.17) is 21.1 Å². The minimum absolute atomic E-state index is 0.0674. The predicted molar refractivity (Wildman–Crippen MR) is 107 cm³/mol. The number of hydrogen-bond donors (Lipinski definition) is 1. The molecule has 0 aromatic heterocycles. The summed E-state index contributed by atoms with van der Waals surface area (Å²) in [5.74, 6) is 0.0794. The zero-order valence-electron chi connectivity index (χ0n) is 15.4. The Balaban J connectivity index is 1.88. The molecule has 0 unspecified atom stereocenters. The Morgan fingerprint density at radius 2 is 1.93 bits per heavy atom. The van der Waals surface area contributed by atoms with Crippen LogP contribution < -0.4 is 10.1 Å². The van der Waals surface area contributed by atoms with Gasteiger partial charge in [0.15, 0.2) is 0 Å². The number of amides is 1. The highest BCUT2D eigenvalue weighted by Gasteiger charge is 2.29. The molecule has 1 aliphatic heterocycles. The highest BCUT2D eigenvalue weighted by Crippen LogP contribution is 2.28. The fourth-order valence-corrected chi connectivity index (χ4v) is 4.72. The van der Waals surface area contributed by atoms with Crippen LogP contribution in [0.5, 0.6) is 5.75 Å². The standard InChI is InChI=1S/C19H21ClN2O5S/c1-2-27-17-6-4-3-5-16(17)21-19(23)14-7-8-15(20)18(13-14)28(24,25)22-9-11-26-12-10-22/h3-8,13H,2,9-12H2,1H3,(H,21,23). The first-order valence-electron chi connectivity index (χ1n) is 8.84. The van der Waals surface area contributed by atoms with E-state index in [9.17, 15) is 13.2 Å². The van der Waals surface area contributed by atoms with Crippen LogP contribution in [0.4, 0.5) is 5.69 Å². The number of anilines is 1. The second kappa shape index (κ2) is 8.91. The van der Waals surface area contributed by atoms with Crippen molar-refractivity contribution < 1.29 is 22.7 Å². The fraction of sp³-hybridized carbons (Fsp3) is 0.316. The lowest BCUT2D eigenvalue weighted by molar-refractivity contribution is 0.0730. The van der Waals surface area contributed by atoms with Crippen molar-refractivity contribution in [3.63, 3.8) is 0 Å². The van der Waals surface area contributed by atoms with Crippen LogP contribution in [-0.2, 0) is 14.8 Å². The van der Waals surface area contributed by atoms with Crippen molar-refractivity contribution >= 4 is 33.2 Å². The number of nitrogens with zero attached hydrogens (tertiary/aromatic N) is 1. The summed E-state index contributed by atoms with van der Waals surface area (Å²) in [5, 5.41) is 2.82. The molecule has 2 aromatic carbocycles. The van der Waals surface area contributed by atoms with Crippen LogP contribution in [-0.4, -0.2) is 51.5 Å². The molecule has 1 aliphatic rings. The Bertz CT molecular complexity index is 959. The van der Waals surface area contributed by atoms with Gasteiger partial charge < -0.3 is 14.8 Å². The van der Waals surface area contributed by atoms with Crippen molar-refractivity contribution in [2.24, 2.45) is 0 Å². The number of hydrogen-bond acceptors (Lipinski definition) is 5. The third-order valence-corrected chi connectivity index (χ3v) is 6.60. The number of carbonyl (C=O) groups is 1.